The van der Waals surface area contributed by atoms with Crippen LogP contribution in [0, 0.1) is 10.8 Å². The van der Waals surface area contributed by atoms with E-state index >= 15 is 0 Å². The van der Waals surface area contributed by atoms with Gasteiger partial charge in [-0.15, -0.1) is 0 Å². The molecule has 1 heterocycles. The molecule has 0 atom stereocenters. The Hall–Kier alpha value is -2.76. The first-order valence-corrected chi connectivity index (χ1v) is 9.52. The number of furan rings is 1. The number of benzene rings is 1. The normalized spacial score (nSPS) is 11.8. The number of methoxy groups -OCH3 is 1. The van der Waals surface area contributed by atoms with Crippen molar-refractivity contribution in [3.05, 3.63) is 41.7 Å². The molecule has 0 spiro atoms. The van der Waals surface area contributed by atoms with Gasteiger partial charge in [-0.2, -0.15) is 0 Å². The van der Waals surface area contributed by atoms with Crippen molar-refractivity contribution in [3.63, 3.8) is 0 Å². The molecule has 158 valence electrons. The minimum atomic E-state index is -0.641. The number of esters is 2. The molecule has 6 nitrogen and oxygen atoms in total. The molecule has 0 fully saturated rings. The van der Waals surface area contributed by atoms with E-state index in [9.17, 15) is 9.59 Å². The van der Waals surface area contributed by atoms with Gasteiger partial charge in [0.05, 0.1) is 25.9 Å². The van der Waals surface area contributed by atoms with Gasteiger partial charge in [0, 0.05) is 0 Å². The molecule has 6 heteroatoms. The second-order valence-corrected chi connectivity index (χ2v) is 9.33. The van der Waals surface area contributed by atoms with E-state index in [1.54, 1.807) is 24.3 Å². The molecule has 0 aliphatic heterocycles. The molecule has 2 rings (SSSR count). The van der Waals surface area contributed by atoms with E-state index in [-0.39, 0.29) is 40.9 Å². The number of para-hydroxylation sites is 1. The maximum Gasteiger partial charge on any atom is 0.343 e. The van der Waals surface area contributed by atoms with E-state index in [4.69, 9.17) is 18.6 Å². The molecule has 29 heavy (non-hydrogen) atoms. The number of hydrogen-bond donors (Lipinski definition) is 0. The zero-order valence-electron chi connectivity index (χ0n) is 18.3. The zero-order valence-corrected chi connectivity index (χ0v) is 18.3. The van der Waals surface area contributed by atoms with Crippen LogP contribution in [-0.2, 0) is 9.47 Å². The summed E-state index contributed by atoms with van der Waals surface area (Å²) in [6, 6.07) is 7.10. The number of rotatable bonds is 6. The molecule has 1 aromatic carbocycles. The van der Waals surface area contributed by atoms with Gasteiger partial charge in [0.1, 0.15) is 23.1 Å². The Kier molecular flexibility index (Phi) is 6.77. The minimum absolute atomic E-state index is 0.0362. The molecule has 0 aliphatic carbocycles. The van der Waals surface area contributed by atoms with Crippen molar-refractivity contribution in [2.45, 2.75) is 41.5 Å². The summed E-state index contributed by atoms with van der Waals surface area (Å²) in [5.74, 6) is -0.546. The van der Waals surface area contributed by atoms with Crippen LogP contribution in [-0.4, -0.2) is 32.3 Å². The van der Waals surface area contributed by atoms with E-state index in [0.29, 0.717) is 11.3 Å². The molecule has 0 bridgehead atoms. The van der Waals surface area contributed by atoms with Crippen LogP contribution >= 0.6 is 0 Å². The second-order valence-electron chi connectivity index (χ2n) is 9.33. The van der Waals surface area contributed by atoms with E-state index in [1.165, 1.54) is 13.4 Å². The Morgan fingerprint density at radius 3 is 2.00 bits per heavy atom. The van der Waals surface area contributed by atoms with E-state index in [1.807, 2.05) is 41.5 Å². The van der Waals surface area contributed by atoms with Crippen molar-refractivity contribution in [3.8, 4) is 17.1 Å². The average molecular weight is 402 g/mol. The van der Waals surface area contributed by atoms with Crippen LogP contribution in [0.3, 0.4) is 0 Å². The highest BCUT2D eigenvalue weighted by Crippen LogP contribution is 2.36. The van der Waals surface area contributed by atoms with Gasteiger partial charge in [-0.1, -0.05) is 53.7 Å². The third-order valence-corrected chi connectivity index (χ3v) is 3.84. The predicted octanol–water partition coefficient (Wildman–Crippen LogP) is 5.36. The van der Waals surface area contributed by atoms with Gasteiger partial charge < -0.3 is 18.6 Å². The van der Waals surface area contributed by atoms with Crippen molar-refractivity contribution in [2.24, 2.45) is 10.8 Å². The van der Waals surface area contributed by atoms with Crippen LogP contribution in [0.4, 0.5) is 0 Å². The first-order valence-electron chi connectivity index (χ1n) is 9.52. The van der Waals surface area contributed by atoms with Crippen LogP contribution in [0.15, 0.2) is 34.9 Å². The Bertz CT molecular complexity index is 864. The highest BCUT2D eigenvalue weighted by molar-refractivity contribution is 6.07. The predicted molar refractivity (Wildman–Crippen MR) is 110 cm³/mol. The molecule has 0 saturated carbocycles. The number of hydrogen-bond acceptors (Lipinski definition) is 6. The molecule has 0 saturated heterocycles. The van der Waals surface area contributed by atoms with E-state index < -0.39 is 11.9 Å². The lowest BCUT2D eigenvalue weighted by molar-refractivity contribution is 0.0324. The summed E-state index contributed by atoms with van der Waals surface area (Å²) in [4.78, 5) is 25.6. The van der Waals surface area contributed by atoms with E-state index in [2.05, 4.69) is 0 Å². The quantitative estimate of drug-likeness (QED) is 0.606. The van der Waals surface area contributed by atoms with Crippen LogP contribution in [0.25, 0.3) is 11.3 Å². The van der Waals surface area contributed by atoms with Crippen molar-refractivity contribution < 1.29 is 28.2 Å². The first kappa shape index (κ1) is 22.5. The SMILES string of the molecule is COc1ccccc1-c1occ(C(=O)OCC(C)(C)C)c1C(=O)OCC(C)(C)C. The van der Waals surface area contributed by atoms with Gasteiger partial charge in [-0.05, 0) is 23.0 Å². The Morgan fingerprint density at radius 1 is 0.897 bits per heavy atom. The third kappa shape index (κ3) is 6.11. The summed E-state index contributed by atoms with van der Waals surface area (Å²) in [5, 5.41) is 0. The van der Waals surface area contributed by atoms with Crippen molar-refractivity contribution in [2.75, 3.05) is 20.3 Å². The molecule has 0 amide bonds. The number of ether oxygens (including phenoxy) is 3. The lowest BCUT2D eigenvalue weighted by Gasteiger charge is -2.19. The minimum Gasteiger partial charge on any atom is -0.496 e. The summed E-state index contributed by atoms with van der Waals surface area (Å²) in [7, 11) is 1.53. The molecule has 0 aliphatic rings. The summed E-state index contributed by atoms with van der Waals surface area (Å²) in [6.45, 7) is 12.1. The topological polar surface area (TPSA) is 75.0 Å². The zero-order chi connectivity index (χ0) is 21.8. The van der Waals surface area contributed by atoms with Crippen LogP contribution in [0.5, 0.6) is 5.75 Å². The summed E-state index contributed by atoms with van der Waals surface area (Å²) in [6.07, 6.45) is 1.24. The highest BCUT2D eigenvalue weighted by Gasteiger charge is 2.31. The average Bonchev–Trinajstić information content (AvgIpc) is 3.08. The fourth-order valence-corrected chi connectivity index (χ4v) is 2.46. The van der Waals surface area contributed by atoms with Crippen molar-refractivity contribution in [1.82, 2.24) is 0 Å². The van der Waals surface area contributed by atoms with Gasteiger partial charge in [0.25, 0.3) is 0 Å². The van der Waals surface area contributed by atoms with Crippen LogP contribution in [0.2, 0.25) is 0 Å². The third-order valence-electron chi connectivity index (χ3n) is 3.84. The first-order chi connectivity index (χ1) is 13.4. The van der Waals surface area contributed by atoms with Gasteiger partial charge in [-0.3, -0.25) is 0 Å². The largest absolute Gasteiger partial charge is 0.496 e. The molecule has 0 radical (unpaired) electrons. The standard InChI is InChI=1S/C23H30O6/c1-22(2,3)13-28-20(24)16-12-27-19(15-10-8-9-11-17(15)26-7)18(16)21(25)29-14-23(4,5)6/h8-12H,13-14H2,1-7H3. The lowest BCUT2D eigenvalue weighted by Crippen LogP contribution is -2.22. The van der Waals surface area contributed by atoms with Crippen LogP contribution < -0.4 is 4.74 Å². The second kappa shape index (κ2) is 8.72. The molecule has 0 N–H and O–H groups in total. The summed E-state index contributed by atoms with van der Waals surface area (Å²) >= 11 is 0. The van der Waals surface area contributed by atoms with Gasteiger partial charge in [0.15, 0.2) is 5.76 Å². The fourth-order valence-electron chi connectivity index (χ4n) is 2.46. The Labute approximate surface area is 172 Å². The van der Waals surface area contributed by atoms with Crippen molar-refractivity contribution >= 4 is 11.9 Å². The molecule has 2 aromatic rings. The van der Waals surface area contributed by atoms with Crippen molar-refractivity contribution in [1.29, 1.82) is 0 Å². The van der Waals surface area contributed by atoms with Gasteiger partial charge >= 0.3 is 11.9 Å². The van der Waals surface area contributed by atoms with E-state index in [0.717, 1.165) is 0 Å². The smallest absolute Gasteiger partial charge is 0.343 e. The summed E-state index contributed by atoms with van der Waals surface area (Å²) < 4.78 is 21.9. The highest BCUT2D eigenvalue weighted by atomic mass is 16.5. The molecule has 1 aromatic heterocycles. The molecular weight excluding hydrogens is 372 g/mol. The summed E-state index contributed by atoms with van der Waals surface area (Å²) in [5.41, 5.74) is 0.189. The maximum atomic E-state index is 12.9. The molecular formula is C23H30O6. The Morgan fingerprint density at radius 2 is 1.45 bits per heavy atom. The number of carbonyl (C=O) groups excluding carboxylic acids is 2. The molecule has 0 unspecified atom stereocenters. The van der Waals surface area contributed by atoms with Gasteiger partial charge in [-0.25, -0.2) is 9.59 Å². The monoisotopic (exact) mass is 402 g/mol. The Balaban J connectivity index is 2.48. The maximum absolute atomic E-state index is 12.9. The fraction of sp³-hybridized carbons (Fsp3) is 0.478. The lowest BCUT2D eigenvalue weighted by atomic mass is 9.98. The van der Waals surface area contributed by atoms with Crippen LogP contribution in [0.1, 0.15) is 62.3 Å². The van der Waals surface area contributed by atoms with Gasteiger partial charge in [0.2, 0.25) is 0 Å². The number of carbonyl (C=O) groups is 2.